The second kappa shape index (κ2) is 8.88. The van der Waals surface area contributed by atoms with Gasteiger partial charge in [-0.2, -0.15) is 0 Å². The van der Waals surface area contributed by atoms with Crippen LogP contribution in [0.5, 0.6) is 0 Å². The van der Waals surface area contributed by atoms with Gasteiger partial charge in [-0.15, -0.1) is 6.58 Å². The van der Waals surface area contributed by atoms with Crippen LogP contribution in [0.2, 0.25) is 0 Å². The summed E-state index contributed by atoms with van der Waals surface area (Å²) >= 11 is 0. The molecule has 3 aromatic heterocycles. The van der Waals surface area contributed by atoms with Gasteiger partial charge >= 0.3 is 0 Å². The fourth-order valence-corrected chi connectivity index (χ4v) is 6.07. The van der Waals surface area contributed by atoms with E-state index in [1.165, 1.54) is 5.56 Å². The number of nitrogens with zero attached hydrogens (tertiary/aromatic N) is 6. The van der Waals surface area contributed by atoms with Gasteiger partial charge in [0.25, 0.3) is 0 Å². The van der Waals surface area contributed by atoms with Crippen LogP contribution in [0, 0.1) is 5.92 Å². The monoisotopic (exact) mass is 508 g/mol. The lowest BCUT2D eigenvalue weighted by molar-refractivity contribution is 0.312. The normalized spacial score (nSPS) is 21.2. The lowest BCUT2D eigenvalue weighted by atomic mass is 9.68. The Balaban J connectivity index is 1.57. The second-order valence-electron chi connectivity index (χ2n) is 10.3. The standard InChI is InChI=1S/C33H28N6/c1-4-33(3)22(2)32-38(25-14-6-5-7-15-25)30-31(39(32)27-17-9-8-16-26(27)33)37-29(24-13-11-19-35-21-24)28(36-30)23-12-10-18-34-20-23/h4-22,32H,1H2,2-3H3. The van der Waals surface area contributed by atoms with Gasteiger partial charge < -0.3 is 9.80 Å². The summed E-state index contributed by atoms with van der Waals surface area (Å²) in [6.45, 7) is 8.89. The van der Waals surface area contributed by atoms with Crippen molar-refractivity contribution in [3.8, 4) is 22.5 Å². The zero-order valence-corrected chi connectivity index (χ0v) is 21.9. The third-order valence-corrected chi connectivity index (χ3v) is 8.31. The molecule has 0 spiro atoms. The van der Waals surface area contributed by atoms with E-state index in [1.807, 2.05) is 42.7 Å². The average molecular weight is 509 g/mol. The van der Waals surface area contributed by atoms with Crippen molar-refractivity contribution in [1.82, 2.24) is 19.9 Å². The molecule has 0 saturated carbocycles. The molecule has 5 heterocycles. The number of hydrogen-bond donors (Lipinski definition) is 0. The van der Waals surface area contributed by atoms with Crippen LogP contribution in [0.1, 0.15) is 19.4 Å². The van der Waals surface area contributed by atoms with Gasteiger partial charge in [-0.25, -0.2) is 9.97 Å². The Morgan fingerprint density at radius 3 is 1.92 bits per heavy atom. The van der Waals surface area contributed by atoms with Crippen molar-refractivity contribution in [3.63, 3.8) is 0 Å². The van der Waals surface area contributed by atoms with E-state index in [4.69, 9.17) is 9.97 Å². The number of allylic oxidation sites excluding steroid dienone is 1. The lowest BCUT2D eigenvalue weighted by Gasteiger charge is -2.49. The molecule has 0 fully saturated rings. The van der Waals surface area contributed by atoms with Crippen LogP contribution in [-0.4, -0.2) is 26.1 Å². The van der Waals surface area contributed by atoms with E-state index in [0.717, 1.165) is 45.5 Å². The molecule has 0 bridgehead atoms. The zero-order valence-electron chi connectivity index (χ0n) is 21.9. The third kappa shape index (κ3) is 3.41. The van der Waals surface area contributed by atoms with E-state index in [-0.39, 0.29) is 17.5 Å². The van der Waals surface area contributed by atoms with Gasteiger partial charge in [-0.1, -0.05) is 56.3 Å². The fourth-order valence-electron chi connectivity index (χ4n) is 6.07. The molecule has 0 aliphatic carbocycles. The first-order chi connectivity index (χ1) is 19.1. The number of para-hydroxylation sites is 2. The van der Waals surface area contributed by atoms with E-state index in [0.29, 0.717) is 0 Å². The highest BCUT2D eigenvalue weighted by atomic mass is 15.5. The summed E-state index contributed by atoms with van der Waals surface area (Å²) in [5, 5.41) is 0. The Morgan fingerprint density at radius 2 is 1.33 bits per heavy atom. The van der Waals surface area contributed by atoms with Gasteiger partial charge in [0, 0.05) is 58.6 Å². The molecule has 3 unspecified atom stereocenters. The van der Waals surface area contributed by atoms with E-state index in [2.05, 4.69) is 94.8 Å². The minimum atomic E-state index is -0.245. The van der Waals surface area contributed by atoms with Crippen LogP contribution in [0.25, 0.3) is 22.5 Å². The van der Waals surface area contributed by atoms with Crippen LogP contribution in [-0.2, 0) is 5.41 Å². The first-order valence-electron chi connectivity index (χ1n) is 13.2. The quantitative estimate of drug-likeness (QED) is 0.237. The molecule has 3 atom stereocenters. The first kappa shape index (κ1) is 23.3. The van der Waals surface area contributed by atoms with Crippen LogP contribution in [0.4, 0.5) is 23.0 Å². The predicted octanol–water partition coefficient (Wildman–Crippen LogP) is 7.31. The number of rotatable bonds is 4. The second-order valence-corrected chi connectivity index (χ2v) is 10.3. The molecule has 39 heavy (non-hydrogen) atoms. The van der Waals surface area contributed by atoms with Gasteiger partial charge in [0.2, 0.25) is 0 Å². The van der Waals surface area contributed by atoms with Gasteiger partial charge in [-0.05, 0) is 48.0 Å². The number of aromatic nitrogens is 4. The summed E-state index contributed by atoms with van der Waals surface area (Å²) in [5.41, 5.74) is 6.59. The molecule has 7 rings (SSSR count). The fraction of sp³-hybridized carbons (Fsp3) is 0.152. The average Bonchev–Trinajstić information content (AvgIpc) is 3.35. The third-order valence-electron chi connectivity index (χ3n) is 8.31. The molecule has 0 saturated heterocycles. The largest absolute Gasteiger partial charge is 0.302 e. The van der Waals surface area contributed by atoms with Gasteiger partial charge in [0.05, 0.1) is 0 Å². The molecule has 2 aliphatic rings. The number of pyridine rings is 2. The number of benzene rings is 2. The summed E-state index contributed by atoms with van der Waals surface area (Å²) in [6.07, 6.45) is 9.30. The predicted molar refractivity (Wildman–Crippen MR) is 156 cm³/mol. The Hall–Kier alpha value is -4.84. The summed E-state index contributed by atoms with van der Waals surface area (Å²) in [6, 6.07) is 27.0. The summed E-state index contributed by atoms with van der Waals surface area (Å²) < 4.78 is 0. The van der Waals surface area contributed by atoms with Crippen molar-refractivity contribution in [2.45, 2.75) is 25.4 Å². The molecule has 0 N–H and O–H groups in total. The van der Waals surface area contributed by atoms with Crippen LogP contribution in [0.3, 0.4) is 0 Å². The molecule has 190 valence electrons. The molecule has 2 aliphatic heterocycles. The van der Waals surface area contributed by atoms with Crippen molar-refractivity contribution in [2.75, 3.05) is 9.80 Å². The molecule has 2 aromatic carbocycles. The Bertz CT molecular complexity index is 1670. The molecule has 5 aromatic rings. The topological polar surface area (TPSA) is 58.0 Å². The highest BCUT2D eigenvalue weighted by Gasteiger charge is 2.53. The molecular weight excluding hydrogens is 480 g/mol. The summed E-state index contributed by atoms with van der Waals surface area (Å²) in [5.74, 6) is 1.83. The van der Waals surface area contributed by atoms with Crippen molar-refractivity contribution in [1.29, 1.82) is 0 Å². The minimum absolute atomic E-state index is 0.0498. The maximum Gasteiger partial charge on any atom is 0.179 e. The maximum absolute atomic E-state index is 5.40. The maximum atomic E-state index is 5.40. The van der Waals surface area contributed by atoms with Crippen molar-refractivity contribution in [2.24, 2.45) is 5.92 Å². The minimum Gasteiger partial charge on any atom is -0.302 e. The Kier molecular flexibility index (Phi) is 5.30. The zero-order chi connectivity index (χ0) is 26.6. The number of anilines is 4. The van der Waals surface area contributed by atoms with Crippen LogP contribution >= 0.6 is 0 Å². The van der Waals surface area contributed by atoms with Gasteiger partial charge in [-0.3, -0.25) is 9.97 Å². The van der Waals surface area contributed by atoms with Crippen molar-refractivity contribution < 1.29 is 0 Å². The molecule has 6 heteroatoms. The van der Waals surface area contributed by atoms with E-state index >= 15 is 0 Å². The van der Waals surface area contributed by atoms with E-state index in [9.17, 15) is 0 Å². The van der Waals surface area contributed by atoms with Crippen LogP contribution < -0.4 is 9.80 Å². The van der Waals surface area contributed by atoms with Crippen molar-refractivity contribution >= 4 is 23.0 Å². The molecule has 0 amide bonds. The first-order valence-corrected chi connectivity index (χ1v) is 13.2. The Morgan fingerprint density at radius 1 is 0.744 bits per heavy atom. The van der Waals surface area contributed by atoms with Crippen LogP contribution in [0.15, 0.2) is 116 Å². The van der Waals surface area contributed by atoms with Gasteiger partial charge in [0.15, 0.2) is 11.6 Å². The highest BCUT2D eigenvalue weighted by molar-refractivity contribution is 5.90. The molecule has 6 nitrogen and oxygen atoms in total. The molecular formula is C33H28N6. The van der Waals surface area contributed by atoms with Gasteiger partial charge in [0.1, 0.15) is 17.6 Å². The van der Waals surface area contributed by atoms with E-state index < -0.39 is 0 Å². The smallest absolute Gasteiger partial charge is 0.179 e. The SMILES string of the molecule is C=CC1(C)c2ccccc2N2c3nc(-c4cccnc4)c(-c4cccnc4)nc3N(c3ccccc3)C2C1C. The number of hydrogen-bond acceptors (Lipinski definition) is 6. The summed E-state index contributed by atoms with van der Waals surface area (Å²) in [4.78, 5) is 24.3. The number of fused-ring (bicyclic) bond motifs is 5. The molecule has 0 radical (unpaired) electrons. The van der Waals surface area contributed by atoms with E-state index in [1.54, 1.807) is 12.4 Å². The lowest BCUT2D eigenvalue weighted by Crippen LogP contribution is -2.54. The Labute approximate surface area is 228 Å². The highest BCUT2D eigenvalue weighted by Crippen LogP contribution is 2.57. The summed E-state index contributed by atoms with van der Waals surface area (Å²) in [7, 11) is 0. The van der Waals surface area contributed by atoms with Crippen molar-refractivity contribution in [3.05, 3.63) is 122 Å².